The first kappa shape index (κ1) is 15.8. The highest BCUT2D eigenvalue weighted by Crippen LogP contribution is 2.40. The molecule has 0 aliphatic heterocycles. The molecule has 0 amide bonds. The van der Waals surface area contributed by atoms with Crippen molar-refractivity contribution in [3.8, 4) is 5.75 Å². The van der Waals surface area contributed by atoms with Crippen molar-refractivity contribution < 1.29 is 4.74 Å². The van der Waals surface area contributed by atoms with Crippen molar-refractivity contribution in [2.24, 2.45) is 5.41 Å². The minimum Gasteiger partial charge on any atom is -0.496 e. The lowest BCUT2D eigenvalue weighted by Gasteiger charge is -2.41. The fraction of sp³-hybridized carbons (Fsp3) is 0.647. The number of benzene rings is 1. The van der Waals surface area contributed by atoms with Gasteiger partial charge in [-0.3, -0.25) is 0 Å². The van der Waals surface area contributed by atoms with Gasteiger partial charge in [-0.05, 0) is 55.5 Å². The fourth-order valence-corrected chi connectivity index (χ4v) is 3.94. The summed E-state index contributed by atoms with van der Waals surface area (Å²) in [5.74, 6) is 0.993. The molecule has 0 radical (unpaired) electrons. The maximum atomic E-state index is 5.52. The number of rotatable bonds is 5. The third-order valence-corrected chi connectivity index (χ3v) is 5.35. The van der Waals surface area contributed by atoms with Gasteiger partial charge in [0.1, 0.15) is 5.75 Å². The Balaban J connectivity index is 2.19. The first-order valence-electron chi connectivity index (χ1n) is 7.59. The SMILES string of the molecule is CNC(Cc1cc(Br)ccc1OC)C1(C)CCCCC1. The molecule has 2 nitrogen and oxygen atoms in total. The lowest BCUT2D eigenvalue weighted by molar-refractivity contribution is 0.148. The van der Waals surface area contributed by atoms with Crippen molar-refractivity contribution in [3.63, 3.8) is 0 Å². The molecular weight excluding hydrogens is 314 g/mol. The third kappa shape index (κ3) is 3.56. The third-order valence-electron chi connectivity index (χ3n) is 4.85. The summed E-state index contributed by atoms with van der Waals surface area (Å²) in [5.41, 5.74) is 1.69. The van der Waals surface area contributed by atoms with E-state index in [1.807, 2.05) is 6.07 Å². The zero-order valence-electron chi connectivity index (χ0n) is 12.8. The minimum absolute atomic E-state index is 0.403. The van der Waals surface area contributed by atoms with Crippen LogP contribution in [0.3, 0.4) is 0 Å². The van der Waals surface area contributed by atoms with Crippen LogP contribution in [0, 0.1) is 5.41 Å². The summed E-state index contributed by atoms with van der Waals surface area (Å²) in [5, 5.41) is 3.56. The van der Waals surface area contributed by atoms with Crippen LogP contribution >= 0.6 is 15.9 Å². The number of hydrogen-bond acceptors (Lipinski definition) is 2. The predicted molar refractivity (Wildman–Crippen MR) is 88.4 cm³/mol. The first-order valence-corrected chi connectivity index (χ1v) is 8.38. The monoisotopic (exact) mass is 339 g/mol. The molecule has 20 heavy (non-hydrogen) atoms. The Bertz CT molecular complexity index is 441. The van der Waals surface area contributed by atoms with Crippen LogP contribution in [0.25, 0.3) is 0 Å². The molecule has 0 heterocycles. The lowest BCUT2D eigenvalue weighted by atomic mass is 9.69. The van der Waals surface area contributed by atoms with Crippen LogP contribution in [-0.2, 0) is 6.42 Å². The number of hydrogen-bond donors (Lipinski definition) is 1. The first-order chi connectivity index (χ1) is 9.59. The van der Waals surface area contributed by atoms with Crippen LogP contribution in [0.5, 0.6) is 5.75 Å². The van der Waals surface area contributed by atoms with Crippen molar-refractivity contribution >= 4 is 15.9 Å². The molecule has 1 unspecified atom stereocenters. The van der Waals surface area contributed by atoms with Gasteiger partial charge in [-0.25, -0.2) is 0 Å². The number of ether oxygens (including phenoxy) is 1. The number of likely N-dealkylation sites (N-methyl/N-ethyl adjacent to an activating group) is 1. The normalized spacial score (nSPS) is 19.6. The van der Waals surface area contributed by atoms with Crippen LogP contribution in [-0.4, -0.2) is 20.2 Å². The molecular formula is C17H26BrNO. The van der Waals surface area contributed by atoms with Crippen molar-refractivity contribution in [1.29, 1.82) is 0 Å². The average molecular weight is 340 g/mol. The molecule has 112 valence electrons. The zero-order chi connectivity index (χ0) is 14.6. The smallest absolute Gasteiger partial charge is 0.122 e. The van der Waals surface area contributed by atoms with Gasteiger partial charge in [-0.1, -0.05) is 42.1 Å². The molecule has 1 aromatic carbocycles. The molecule has 1 atom stereocenters. The van der Waals surface area contributed by atoms with E-state index in [4.69, 9.17) is 4.74 Å². The summed E-state index contributed by atoms with van der Waals surface area (Å²) in [4.78, 5) is 0. The lowest BCUT2D eigenvalue weighted by Crippen LogP contribution is -2.44. The quantitative estimate of drug-likeness (QED) is 0.848. The van der Waals surface area contributed by atoms with Crippen LogP contribution in [0.1, 0.15) is 44.6 Å². The summed E-state index contributed by atoms with van der Waals surface area (Å²) < 4.78 is 6.64. The van der Waals surface area contributed by atoms with Crippen molar-refractivity contribution in [3.05, 3.63) is 28.2 Å². The van der Waals surface area contributed by atoms with E-state index in [9.17, 15) is 0 Å². The standard InChI is InChI=1S/C17H26BrNO/c1-17(9-5-4-6-10-17)16(19-2)12-13-11-14(18)7-8-15(13)20-3/h7-8,11,16,19H,4-6,9-10,12H2,1-3H3. The van der Waals surface area contributed by atoms with Gasteiger partial charge >= 0.3 is 0 Å². The summed E-state index contributed by atoms with van der Waals surface area (Å²) in [7, 11) is 3.85. The predicted octanol–water partition coefficient (Wildman–Crippen LogP) is 4.56. The molecule has 0 aromatic heterocycles. The Labute approximate surface area is 131 Å². The maximum absolute atomic E-state index is 5.52. The Morgan fingerprint density at radius 3 is 2.60 bits per heavy atom. The summed E-state index contributed by atoms with van der Waals surface area (Å²) in [6.07, 6.45) is 7.81. The van der Waals surface area contributed by atoms with E-state index >= 15 is 0 Å². The topological polar surface area (TPSA) is 21.3 Å². The van der Waals surface area contributed by atoms with Crippen molar-refractivity contribution in [2.75, 3.05) is 14.2 Å². The van der Waals surface area contributed by atoms with Crippen molar-refractivity contribution in [2.45, 2.75) is 51.5 Å². The summed E-state index contributed by atoms with van der Waals surface area (Å²) in [6, 6.07) is 6.79. The molecule has 0 spiro atoms. The highest BCUT2D eigenvalue weighted by atomic mass is 79.9. The molecule has 1 aliphatic rings. The average Bonchev–Trinajstić information content (AvgIpc) is 2.45. The second-order valence-corrected chi connectivity index (χ2v) is 7.13. The minimum atomic E-state index is 0.403. The Morgan fingerprint density at radius 1 is 1.30 bits per heavy atom. The molecule has 0 saturated heterocycles. The molecule has 1 aromatic rings. The molecule has 1 saturated carbocycles. The molecule has 1 N–H and O–H groups in total. The van der Waals surface area contributed by atoms with Gasteiger partial charge in [0.2, 0.25) is 0 Å². The van der Waals surface area contributed by atoms with E-state index in [0.29, 0.717) is 11.5 Å². The highest BCUT2D eigenvalue weighted by Gasteiger charge is 2.34. The molecule has 3 heteroatoms. The van der Waals surface area contributed by atoms with E-state index in [1.54, 1.807) is 7.11 Å². The van der Waals surface area contributed by atoms with E-state index < -0.39 is 0 Å². The number of methoxy groups -OCH3 is 1. The highest BCUT2D eigenvalue weighted by molar-refractivity contribution is 9.10. The molecule has 2 rings (SSSR count). The Morgan fingerprint density at radius 2 is 2.00 bits per heavy atom. The van der Waals surface area contributed by atoms with Gasteiger partial charge < -0.3 is 10.1 Å². The van der Waals surface area contributed by atoms with E-state index in [1.165, 1.54) is 37.7 Å². The van der Waals surface area contributed by atoms with E-state index in [0.717, 1.165) is 16.6 Å². The Kier molecular flexibility index (Phi) is 5.50. The van der Waals surface area contributed by atoms with Crippen molar-refractivity contribution in [1.82, 2.24) is 5.32 Å². The van der Waals surface area contributed by atoms with E-state index in [2.05, 4.69) is 47.4 Å². The Hall–Kier alpha value is -0.540. The number of nitrogens with one attached hydrogen (secondary N) is 1. The van der Waals surface area contributed by atoms with Gasteiger partial charge in [0.05, 0.1) is 7.11 Å². The summed E-state index contributed by atoms with van der Waals surface area (Å²) >= 11 is 3.57. The van der Waals surface area contributed by atoms with Crippen LogP contribution in [0.15, 0.2) is 22.7 Å². The van der Waals surface area contributed by atoms with Crippen LogP contribution in [0.2, 0.25) is 0 Å². The van der Waals surface area contributed by atoms with Gasteiger partial charge in [0.15, 0.2) is 0 Å². The molecule has 1 aliphatic carbocycles. The fourth-order valence-electron chi connectivity index (χ4n) is 3.53. The van der Waals surface area contributed by atoms with Crippen LogP contribution < -0.4 is 10.1 Å². The van der Waals surface area contributed by atoms with Gasteiger partial charge in [-0.15, -0.1) is 0 Å². The second kappa shape index (κ2) is 6.95. The molecule has 1 fully saturated rings. The largest absolute Gasteiger partial charge is 0.496 e. The van der Waals surface area contributed by atoms with Crippen LogP contribution in [0.4, 0.5) is 0 Å². The van der Waals surface area contributed by atoms with Gasteiger partial charge in [-0.2, -0.15) is 0 Å². The zero-order valence-corrected chi connectivity index (χ0v) is 14.4. The van der Waals surface area contributed by atoms with Gasteiger partial charge in [0.25, 0.3) is 0 Å². The molecule has 0 bridgehead atoms. The second-order valence-electron chi connectivity index (χ2n) is 6.22. The summed E-state index contributed by atoms with van der Waals surface area (Å²) in [6.45, 7) is 2.44. The van der Waals surface area contributed by atoms with E-state index in [-0.39, 0.29) is 0 Å². The van der Waals surface area contributed by atoms with Gasteiger partial charge in [0, 0.05) is 10.5 Å². The number of halogens is 1. The maximum Gasteiger partial charge on any atom is 0.122 e.